The summed E-state index contributed by atoms with van der Waals surface area (Å²) in [7, 11) is -3.29. The molecule has 0 bridgehead atoms. The van der Waals surface area contributed by atoms with E-state index in [9.17, 15) is 27.1 Å². The van der Waals surface area contributed by atoms with Crippen molar-refractivity contribution in [3.05, 3.63) is 99.9 Å². The molecule has 2 aromatic heterocycles. The number of rotatable bonds is 10. The molecule has 0 saturated carbocycles. The third-order valence-electron chi connectivity index (χ3n) is 6.35. The van der Waals surface area contributed by atoms with Crippen LogP contribution in [0.5, 0.6) is 5.88 Å². The van der Waals surface area contributed by atoms with Crippen molar-refractivity contribution in [2.75, 3.05) is 13.7 Å². The maximum Gasteiger partial charge on any atom is 0.296 e. The molecule has 0 unspecified atom stereocenters. The van der Waals surface area contributed by atoms with Crippen LogP contribution in [-0.4, -0.2) is 47.9 Å². The van der Waals surface area contributed by atoms with Crippen LogP contribution >= 0.6 is 0 Å². The second kappa shape index (κ2) is 12.2. The van der Waals surface area contributed by atoms with Gasteiger partial charge in [-0.25, -0.2) is 17.2 Å². The summed E-state index contributed by atoms with van der Waals surface area (Å²) >= 11 is 0. The van der Waals surface area contributed by atoms with Gasteiger partial charge in [-0.3, -0.25) is 14.3 Å². The predicted octanol–water partition coefficient (Wildman–Crippen LogP) is 4.59. The Bertz CT molecular complexity index is 1700. The molecule has 0 spiro atoms. The third-order valence-corrected chi connectivity index (χ3v) is 8.14. The molecule has 9 nitrogen and oxygen atoms in total. The third kappa shape index (κ3) is 6.34. The number of halogens is 2. The predicted molar refractivity (Wildman–Crippen MR) is 146 cm³/mol. The summed E-state index contributed by atoms with van der Waals surface area (Å²) in [6.45, 7) is 4.76. The molecule has 1 N–H and O–H groups in total. The minimum atomic E-state index is -4.61. The van der Waals surface area contributed by atoms with Crippen LogP contribution in [0.25, 0.3) is 11.1 Å². The van der Waals surface area contributed by atoms with Crippen LogP contribution in [0.2, 0.25) is 0 Å². The Labute approximate surface area is 236 Å². The number of ether oxygens (including phenoxy) is 2. The summed E-state index contributed by atoms with van der Waals surface area (Å²) in [5, 5.41) is 11.4. The van der Waals surface area contributed by atoms with Gasteiger partial charge in [0.05, 0.1) is 23.6 Å². The van der Waals surface area contributed by atoms with Gasteiger partial charge < -0.3 is 14.6 Å². The van der Waals surface area contributed by atoms with E-state index >= 15 is 0 Å². The highest BCUT2D eigenvalue weighted by molar-refractivity contribution is 7.91. The summed E-state index contributed by atoms with van der Waals surface area (Å²) in [6.07, 6.45) is 2.98. The second-order valence-electron chi connectivity index (χ2n) is 9.61. The van der Waals surface area contributed by atoms with Crippen LogP contribution in [0.15, 0.2) is 75.5 Å². The van der Waals surface area contributed by atoms with Gasteiger partial charge in [-0.05, 0) is 73.4 Å². The van der Waals surface area contributed by atoms with Gasteiger partial charge in [-0.1, -0.05) is 12.1 Å². The number of aromatic hydroxyl groups is 1. The average molecular weight is 586 g/mol. The molecule has 4 rings (SSSR count). The number of benzene rings is 2. The zero-order valence-corrected chi connectivity index (χ0v) is 23.7. The fourth-order valence-electron chi connectivity index (χ4n) is 4.43. The largest absolute Gasteiger partial charge is 0.493 e. The van der Waals surface area contributed by atoms with Crippen LogP contribution in [0.4, 0.5) is 8.78 Å². The lowest BCUT2D eigenvalue weighted by Crippen LogP contribution is -2.30. The van der Waals surface area contributed by atoms with Crippen LogP contribution in [0.3, 0.4) is 0 Å². The van der Waals surface area contributed by atoms with E-state index in [1.807, 2.05) is 6.92 Å². The highest BCUT2D eigenvalue weighted by Crippen LogP contribution is 2.33. The van der Waals surface area contributed by atoms with Crippen molar-refractivity contribution in [2.24, 2.45) is 0 Å². The quantitative estimate of drug-likeness (QED) is 0.287. The summed E-state index contributed by atoms with van der Waals surface area (Å²) < 4.78 is 67.7. The van der Waals surface area contributed by atoms with E-state index in [1.165, 1.54) is 19.2 Å². The Kier molecular flexibility index (Phi) is 8.95. The number of pyridine rings is 1. The fraction of sp³-hybridized carbons (Fsp3) is 0.276. The number of hydrogen-bond donors (Lipinski definition) is 1. The van der Waals surface area contributed by atoms with Crippen LogP contribution in [0.1, 0.15) is 36.8 Å². The summed E-state index contributed by atoms with van der Waals surface area (Å²) in [4.78, 5) is 19.9. The molecule has 1 atom stereocenters. The SMILES string of the molecule is COC[C@@H](c1cc(F)cc(F)c1)n1c(COC(C)C)nc(=O)c(S(=O)(=O)c2ccc(-c3ccncc3C)cc2)c1O. The van der Waals surface area contributed by atoms with Crippen LogP contribution < -0.4 is 5.56 Å². The molecule has 0 saturated heterocycles. The molecular weight excluding hydrogens is 556 g/mol. The molecule has 2 heterocycles. The molecule has 0 aliphatic carbocycles. The zero-order chi connectivity index (χ0) is 29.9. The molecule has 2 aromatic carbocycles. The van der Waals surface area contributed by atoms with Crippen molar-refractivity contribution in [3.63, 3.8) is 0 Å². The van der Waals surface area contributed by atoms with E-state index in [0.717, 1.165) is 33.4 Å². The highest BCUT2D eigenvalue weighted by atomic mass is 32.2. The molecule has 216 valence electrons. The average Bonchev–Trinajstić information content (AvgIpc) is 2.90. The molecule has 0 radical (unpaired) electrons. The molecular formula is C29H29F2N3O6S. The van der Waals surface area contributed by atoms with Crippen molar-refractivity contribution < 1.29 is 31.8 Å². The number of aryl methyl sites for hydroxylation is 1. The fourth-order valence-corrected chi connectivity index (χ4v) is 5.77. The van der Waals surface area contributed by atoms with Crippen molar-refractivity contribution in [1.82, 2.24) is 14.5 Å². The molecule has 4 aromatic rings. The molecule has 12 heteroatoms. The van der Waals surface area contributed by atoms with Crippen molar-refractivity contribution in [3.8, 4) is 17.0 Å². The van der Waals surface area contributed by atoms with Gasteiger partial charge in [0.2, 0.25) is 15.7 Å². The lowest BCUT2D eigenvalue weighted by atomic mass is 10.0. The normalized spacial score (nSPS) is 12.6. The monoisotopic (exact) mass is 585 g/mol. The van der Waals surface area contributed by atoms with Crippen molar-refractivity contribution in [1.29, 1.82) is 0 Å². The Morgan fingerprint density at radius 3 is 2.29 bits per heavy atom. The summed E-state index contributed by atoms with van der Waals surface area (Å²) in [5.74, 6) is -2.91. The zero-order valence-electron chi connectivity index (χ0n) is 22.8. The van der Waals surface area contributed by atoms with E-state index in [2.05, 4.69) is 9.97 Å². The Hall–Kier alpha value is -4.00. The van der Waals surface area contributed by atoms with Crippen molar-refractivity contribution >= 4 is 9.84 Å². The standard InChI is InChI=1S/C29H29F2N3O6S/c1-17(2)40-16-26-33-28(35)27(29(36)34(26)25(15-39-4)20-11-21(30)13-22(31)12-20)41(37,38)23-7-5-19(6-8-23)24-9-10-32-14-18(24)3/h5-14,17,25,36H,15-16H2,1-4H3/t25-/m0/s1. The van der Waals surface area contributed by atoms with Gasteiger partial charge in [-0.15, -0.1) is 0 Å². The second-order valence-corrected chi connectivity index (χ2v) is 11.5. The van der Waals surface area contributed by atoms with E-state index in [1.54, 1.807) is 44.4 Å². The van der Waals surface area contributed by atoms with E-state index in [0.29, 0.717) is 6.07 Å². The van der Waals surface area contributed by atoms with Gasteiger partial charge >= 0.3 is 0 Å². The Balaban J connectivity index is 1.91. The van der Waals surface area contributed by atoms with Crippen molar-refractivity contribution in [2.45, 2.75) is 49.3 Å². The molecule has 0 fully saturated rings. The first-order valence-corrected chi connectivity index (χ1v) is 14.1. The topological polar surface area (TPSA) is 121 Å². The lowest BCUT2D eigenvalue weighted by molar-refractivity contribution is 0.0554. The van der Waals surface area contributed by atoms with Gasteiger partial charge in [0.1, 0.15) is 24.1 Å². The number of methoxy groups -OCH3 is 1. The smallest absolute Gasteiger partial charge is 0.296 e. The van der Waals surface area contributed by atoms with E-state index in [-0.39, 0.29) is 35.6 Å². The van der Waals surface area contributed by atoms with Crippen LogP contribution in [0, 0.1) is 18.6 Å². The van der Waals surface area contributed by atoms with Gasteiger partial charge in [-0.2, -0.15) is 4.98 Å². The first-order valence-electron chi connectivity index (χ1n) is 12.6. The minimum absolute atomic E-state index is 0.0105. The number of hydrogen-bond acceptors (Lipinski definition) is 8. The lowest BCUT2D eigenvalue weighted by Gasteiger charge is -2.26. The van der Waals surface area contributed by atoms with Crippen LogP contribution in [-0.2, 0) is 25.9 Å². The molecule has 0 amide bonds. The number of sulfone groups is 1. The van der Waals surface area contributed by atoms with E-state index < -0.39 is 43.8 Å². The Morgan fingerprint density at radius 1 is 1.05 bits per heavy atom. The van der Waals surface area contributed by atoms with E-state index in [4.69, 9.17) is 9.47 Å². The maximum atomic E-state index is 14.2. The van der Waals surface area contributed by atoms with Gasteiger partial charge in [0, 0.05) is 25.6 Å². The minimum Gasteiger partial charge on any atom is -0.493 e. The summed E-state index contributed by atoms with van der Waals surface area (Å²) in [6, 6.07) is 9.12. The molecule has 0 aliphatic heterocycles. The number of nitrogens with zero attached hydrogens (tertiary/aromatic N) is 3. The highest BCUT2D eigenvalue weighted by Gasteiger charge is 2.33. The number of aromatic nitrogens is 3. The molecule has 41 heavy (non-hydrogen) atoms. The van der Waals surface area contributed by atoms with Gasteiger partial charge in [0.25, 0.3) is 5.56 Å². The first kappa shape index (κ1) is 30.0. The first-order chi connectivity index (χ1) is 19.4. The Morgan fingerprint density at radius 2 is 1.71 bits per heavy atom. The molecule has 0 aliphatic rings. The summed E-state index contributed by atoms with van der Waals surface area (Å²) in [5.41, 5.74) is 1.24. The maximum absolute atomic E-state index is 14.2. The van der Waals surface area contributed by atoms with Gasteiger partial charge in [0.15, 0.2) is 4.90 Å².